The molecule has 1 aliphatic rings. The lowest BCUT2D eigenvalue weighted by Crippen LogP contribution is -2.16. The van der Waals surface area contributed by atoms with Gasteiger partial charge in [0.2, 0.25) is 5.91 Å². The standard InChI is InChI=1S/C11H15N3O3/c1-2-3-6-4-9(14-13-6)12-10(15)7-5-8(7)11(16)17/h4,7-8H,2-3,5H2,1H3,(H,16,17)(H2,12,13,14,15). The van der Waals surface area contributed by atoms with E-state index < -0.39 is 17.8 Å². The molecule has 2 atom stereocenters. The number of carbonyl (C=O) groups excluding carboxylic acids is 1. The van der Waals surface area contributed by atoms with Crippen LogP contribution in [0.4, 0.5) is 5.82 Å². The molecule has 0 saturated heterocycles. The van der Waals surface area contributed by atoms with E-state index in [-0.39, 0.29) is 5.91 Å². The maximum Gasteiger partial charge on any atom is 0.307 e. The van der Waals surface area contributed by atoms with Gasteiger partial charge in [0, 0.05) is 11.8 Å². The minimum absolute atomic E-state index is 0.257. The molecule has 1 heterocycles. The average molecular weight is 237 g/mol. The van der Waals surface area contributed by atoms with E-state index in [0.29, 0.717) is 12.2 Å². The fraction of sp³-hybridized carbons (Fsp3) is 0.545. The van der Waals surface area contributed by atoms with E-state index in [1.165, 1.54) is 0 Å². The van der Waals surface area contributed by atoms with Gasteiger partial charge in [0.1, 0.15) is 0 Å². The summed E-state index contributed by atoms with van der Waals surface area (Å²) in [5, 5.41) is 18.1. The Labute approximate surface area is 98.4 Å². The summed E-state index contributed by atoms with van der Waals surface area (Å²) in [6, 6.07) is 1.78. The second-order valence-electron chi connectivity index (χ2n) is 4.30. The first-order chi connectivity index (χ1) is 8.11. The molecule has 1 amide bonds. The highest BCUT2D eigenvalue weighted by atomic mass is 16.4. The molecule has 2 rings (SSSR count). The lowest BCUT2D eigenvalue weighted by Gasteiger charge is -1.98. The van der Waals surface area contributed by atoms with E-state index in [9.17, 15) is 9.59 Å². The van der Waals surface area contributed by atoms with Crippen molar-refractivity contribution >= 4 is 17.7 Å². The third-order valence-corrected chi connectivity index (χ3v) is 2.85. The highest BCUT2D eigenvalue weighted by Gasteiger charge is 2.48. The number of aromatic nitrogens is 2. The molecule has 6 nitrogen and oxygen atoms in total. The van der Waals surface area contributed by atoms with Crippen LogP contribution in [-0.4, -0.2) is 27.2 Å². The average Bonchev–Trinajstić information content (AvgIpc) is 2.97. The van der Waals surface area contributed by atoms with Crippen molar-refractivity contribution in [2.24, 2.45) is 11.8 Å². The number of amides is 1. The highest BCUT2D eigenvalue weighted by molar-refractivity contribution is 5.97. The van der Waals surface area contributed by atoms with Crippen LogP contribution >= 0.6 is 0 Å². The predicted molar refractivity (Wildman–Crippen MR) is 60.4 cm³/mol. The third-order valence-electron chi connectivity index (χ3n) is 2.85. The van der Waals surface area contributed by atoms with E-state index in [4.69, 9.17) is 5.11 Å². The SMILES string of the molecule is CCCc1cc(NC(=O)C2CC2C(=O)O)n[nH]1. The summed E-state index contributed by atoms with van der Waals surface area (Å²) >= 11 is 0. The molecule has 0 aliphatic heterocycles. The van der Waals surface area contributed by atoms with Gasteiger partial charge in [-0.25, -0.2) is 0 Å². The zero-order valence-corrected chi connectivity index (χ0v) is 9.56. The Bertz CT molecular complexity index is 441. The molecule has 1 aromatic rings. The molecule has 1 saturated carbocycles. The van der Waals surface area contributed by atoms with E-state index in [1.54, 1.807) is 6.07 Å². The zero-order valence-electron chi connectivity index (χ0n) is 9.56. The third kappa shape index (κ3) is 2.64. The number of aromatic amines is 1. The lowest BCUT2D eigenvalue weighted by molar-refractivity contribution is -0.139. The van der Waals surface area contributed by atoms with Crippen molar-refractivity contribution in [3.8, 4) is 0 Å². The Morgan fingerprint density at radius 2 is 2.35 bits per heavy atom. The Morgan fingerprint density at radius 3 is 2.94 bits per heavy atom. The van der Waals surface area contributed by atoms with E-state index in [1.807, 2.05) is 0 Å². The molecule has 1 aromatic heterocycles. The quantitative estimate of drug-likeness (QED) is 0.712. The number of carboxylic acid groups (broad SMARTS) is 1. The van der Waals surface area contributed by atoms with Crippen LogP contribution in [0.15, 0.2) is 6.07 Å². The predicted octanol–water partition coefficient (Wildman–Crippen LogP) is 1.02. The van der Waals surface area contributed by atoms with Crippen LogP contribution in [0.1, 0.15) is 25.5 Å². The van der Waals surface area contributed by atoms with Crippen LogP contribution in [-0.2, 0) is 16.0 Å². The molecule has 6 heteroatoms. The number of aliphatic carboxylic acids is 1. The van der Waals surface area contributed by atoms with Gasteiger partial charge >= 0.3 is 5.97 Å². The molecule has 3 N–H and O–H groups in total. The number of anilines is 1. The first-order valence-corrected chi connectivity index (χ1v) is 5.69. The number of hydrogen-bond donors (Lipinski definition) is 3. The smallest absolute Gasteiger partial charge is 0.307 e. The fourth-order valence-corrected chi connectivity index (χ4v) is 1.80. The Morgan fingerprint density at radius 1 is 1.59 bits per heavy atom. The van der Waals surface area contributed by atoms with Crippen molar-refractivity contribution in [2.75, 3.05) is 5.32 Å². The minimum atomic E-state index is -0.904. The van der Waals surface area contributed by atoms with Crippen molar-refractivity contribution in [1.29, 1.82) is 0 Å². The molecule has 0 aromatic carbocycles. The molecule has 1 aliphatic carbocycles. The van der Waals surface area contributed by atoms with Crippen molar-refractivity contribution < 1.29 is 14.7 Å². The number of rotatable bonds is 5. The zero-order chi connectivity index (χ0) is 12.4. The Hall–Kier alpha value is -1.85. The van der Waals surface area contributed by atoms with Crippen LogP contribution < -0.4 is 5.32 Å². The summed E-state index contributed by atoms with van der Waals surface area (Å²) < 4.78 is 0. The molecule has 0 bridgehead atoms. The van der Waals surface area contributed by atoms with Gasteiger partial charge in [-0.1, -0.05) is 13.3 Å². The van der Waals surface area contributed by atoms with Gasteiger partial charge in [-0.05, 0) is 12.8 Å². The summed E-state index contributed by atoms with van der Waals surface area (Å²) in [6.07, 6.45) is 2.30. The topological polar surface area (TPSA) is 95.1 Å². The first kappa shape index (κ1) is 11.6. The Kier molecular flexibility index (Phi) is 3.12. The van der Waals surface area contributed by atoms with Gasteiger partial charge in [-0.15, -0.1) is 0 Å². The van der Waals surface area contributed by atoms with Crippen LogP contribution in [0.2, 0.25) is 0 Å². The second kappa shape index (κ2) is 4.57. The monoisotopic (exact) mass is 237 g/mol. The molecule has 17 heavy (non-hydrogen) atoms. The first-order valence-electron chi connectivity index (χ1n) is 5.69. The molecule has 0 radical (unpaired) electrons. The molecule has 0 spiro atoms. The van der Waals surface area contributed by atoms with Gasteiger partial charge in [0.15, 0.2) is 5.82 Å². The molecular weight excluding hydrogens is 222 g/mol. The van der Waals surface area contributed by atoms with Crippen molar-refractivity contribution in [3.63, 3.8) is 0 Å². The van der Waals surface area contributed by atoms with Crippen molar-refractivity contribution in [1.82, 2.24) is 10.2 Å². The minimum Gasteiger partial charge on any atom is -0.481 e. The second-order valence-corrected chi connectivity index (χ2v) is 4.30. The van der Waals surface area contributed by atoms with Crippen LogP contribution in [0.5, 0.6) is 0 Å². The van der Waals surface area contributed by atoms with Crippen LogP contribution in [0, 0.1) is 11.8 Å². The summed E-state index contributed by atoms with van der Waals surface area (Å²) in [4.78, 5) is 22.2. The summed E-state index contributed by atoms with van der Waals surface area (Å²) in [7, 11) is 0. The van der Waals surface area contributed by atoms with E-state index in [2.05, 4.69) is 22.4 Å². The van der Waals surface area contributed by atoms with E-state index in [0.717, 1.165) is 18.5 Å². The maximum absolute atomic E-state index is 11.6. The largest absolute Gasteiger partial charge is 0.481 e. The van der Waals surface area contributed by atoms with Crippen LogP contribution in [0.3, 0.4) is 0 Å². The van der Waals surface area contributed by atoms with Crippen molar-refractivity contribution in [2.45, 2.75) is 26.2 Å². The van der Waals surface area contributed by atoms with Gasteiger partial charge < -0.3 is 10.4 Å². The number of aryl methyl sites for hydroxylation is 1. The molecular formula is C11H15N3O3. The maximum atomic E-state index is 11.6. The van der Waals surface area contributed by atoms with Gasteiger partial charge in [-0.2, -0.15) is 5.10 Å². The molecule has 2 unspecified atom stereocenters. The van der Waals surface area contributed by atoms with E-state index >= 15 is 0 Å². The number of carboxylic acids is 1. The lowest BCUT2D eigenvalue weighted by atomic mass is 10.2. The Balaban J connectivity index is 1.88. The number of nitrogens with zero attached hydrogens (tertiary/aromatic N) is 1. The molecule has 92 valence electrons. The molecule has 1 fully saturated rings. The number of H-pyrrole nitrogens is 1. The van der Waals surface area contributed by atoms with Gasteiger partial charge in [-0.3, -0.25) is 14.7 Å². The van der Waals surface area contributed by atoms with Crippen molar-refractivity contribution in [3.05, 3.63) is 11.8 Å². The normalized spacial score (nSPS) is 22.2. The summed E-state index contributed by atoms with van der Waals surface area (Å²) in [5.74, 6) is -1.62. The number of nitrogens with one attached hydrogen (secondary N) is 2. The summed E-state index contributed by atoms with van der Waals surface area (Å²) in [6.45, 7) is 2.06. The van der Waals surface area contributed by atoms with Crippen LogP contribution in [0.25, 0.3) is 0 Å². The number of hydrogen-bond acceptors (Lipinski definition) is 3. The summed E-state index contributed by atoms with van der Waals surface area (Å²) in [5.41, 5.74) is 0.966. The highest BCUT2D eigenvalue weighted by Crippen LogP contribution is 2.39. The van der Waals surface area contributed by atoms with Gasteiger partial charge in [0.25, 0.3) is 0 Å². The fourth-order valence-electron chi connectivity index (χ4n) is 1.80. The van der Waals surface area contributed by atoms with Gasteiger partial charge in [0.05, 0.1) is 11.8 Å². The number of carbonyl (C=O) groups is 2.